The highest BCUT2D eigenvalue weighted by molar-refractivity contribution is 7.99. The molecule has 0 aliphatic rings. The number of nitrogens with zero attached hydrogens (tertiary/aromatic N) is 2. The molecule has 0 aliphatic carbocycles. The first kappa shape index (κ1) is 20.1. The average Bonchev–Trinajstić information content (AvgIpc) is 2.69. The Labute approximate surface area is 169 Å². The zero-order valence-corrected chi connectivity index (χ0v) is 17.5. The third-order valence-electron chi connectivity index (χ3n) is 4.93. The molecule has 0 unspecified atom stereocenters. The lowest BCUT2D eigenvalue weighted by molar-refractivity contribution is -0.113. The lowest BCUT2D eigenvalue weighted by atomic mass is 10.1. The molecule has 0 radical (unpaired) electrons. The van der Waals surface area contributed by atoms with E-state index in [1.165, 1.54) is 17.3 Å². The molecule has 146 valence electrons. The van der Waals surface area contributed by atoms with Crippen molar-refractivity contribution in [1.82, 2.24) is 9.55 Å². The summed E-state index contributed by atoms with van der Waals surface area (Å²) in [6.07, 6.45) is 0.808. The van der Waals surface area contributed by atoms with Gasteiger partial charge in [-0.25, -0.2) is 4.98 Å². The summed E-state index contributed by atoms with van der Waals surface area (Å²) in [7, 11) is 0. The molecule has 0 spiro atoms. The van der Waals surface area contributed by atoms with Crippen LogP contribution in [0.3, 0.4) is 0 Å². The maximum absolute atomic E-state index is 13.0. The molecule has 28 heavy (non-hydrogen) atoms. The maximum Gasteiger partial charge on any atom is 0.262 e. The van der Waals surface area contributed by atoms with Crippen molar-refractivity contribution < 1.29 is 4.79 Å². The summed E-state index contributed by atoms with van der Waals surface area (Å²) in [5.74, 6) is 0.0695. The Morgan fingerprint density at radius 1 is 1.18 bits per heavy atom. The van der Waals surface area contributed by atoms with Gasteiger partial charge in [-0.15, -0.1) is 0 Å². The number of amides is 1. The van der Waals surface area contributed by atoms with Gasteiger partial charge >= 0.3 is 0 Å². The van der Waals surface area contributed by atoms with Crippen LogP contribution >= 0.6 is 11.8 Å². The van der Waals surface area contributed by atoms with Crippen molar-refractivity contribution in [3.8, 4) is 0 Å². The second kappa shape index (κ2) is 8.61. The zero-order chi connectivity index (χ0) is 20.3. The number of rotatable bonds is 6. The number of carbonyl (C=O) groups is 1. The lowest BCUT2D eigenvalue weighted by Gasteiger charge is -2.18. The Bertz CT molecular complexity index is 1080. The van der Waals surface area contributed by atoms with Crippen LogP contribution in [0.4, 0.5) is 5.69 Å². The number of benzene rings is 2. The normalized spacial score (nSPS) is 12.1. The molecule has 1 N–H and O–H groups in total. The Kier molecular flexibility index (Phi) is 6.19. The number of aryl methyl sites for hydroxylation is 2. The molecule has 3 rings (SSSR count). The van der Waals surface area contributed by atoms with Crippen LogP contribution in [-0.2, 0) is 4.79 Å². The first-order valence-corrected chi connectivity index (χ1v) is 10.4. The molecule has 0 aliphatic heterocycles. The van der Waals surface area contributed by atoms with Crippen LogP contribution in [0.25, 0.3) is 10.9 Å². The standard InChI is InChI=1S/C22H25N3O2S/c1-5-16(4)25-21(27)18-8-6-7-9-19(18)24-22(25)28-13-20(26)23-17-11-10-14(2)15(3)12-17/h6-12,16H,5,13H2,1-4H3,(H,23,26)/t16-/m1/s1. The number of anilines is 1. The van der Waals surface area contributed by atoms with E-state index in [0.717, 1.165) is 17.7 Å². The third kappa shape index (κ3) is 4.28. The molecule has 0 saturated carbocycles. The number of nitrogens with one attached hydrogen (secondary N) is 1. The van der Waals surface area contributed by atoms with Crippen LogP contribution in [0.1, 0.15) is 37.4 Å². The molecule has 2 aromatic carbocycles. The van der Waals surface area contributed by atoms with Crippen molar-refractivity contribution >= 4 is 34.3 Å². The molecule has 6 heteroatoms. The first-order valence-electron chi connectivity index (χ1n) is 9.42. The highest BCUT2D eigenvalue weighted by atomic mass is 32.2. The minimum atomic E-state index is -0.119. The van der Waals surface area contributed by atoms with Crippen molar-refractivity contribution in [1.29, 1.82) is 0 Å². The summed E-state index contributed by atoms with van der Waals surface area (Å²) in [6, 6.07) is 13.2. The topological polar surface area (TPSA) is 64.0 Å². The molecule has 1 atom stereocenters. The summed E-state index contributed by atoms with van der Waals surface area (Å²) in [6.45, 7) is 8.09. The van der Waals surface area contributed by atoms with Crippen molar-refractivity contribution in [3.05, 3.63) is 63.9 Å². The van der Waals surface area contributed by atoms with Crippen LogP contribution < -0.4 is 10.9 Å². The van der Waals surface area contributed by atoms with E-state index in [1.54, 1.807) is 10.6 Å². The van der Waals surface area contributed by atoms with Crippen LogP contribution in [0.2, 0.25) is 0 Å². The number of fused-ring (bicyclic) bond motifs is 1. The fourth-order valence-corrected chi connectivity index (χ4v) is 3.84. The van der Waals surface area contributed by atoms with Gasteiger partial charge in [0.15, 0.2) is 5.16 Å². The van der Waals surface area contributed by atoms with Crippen LogP contribution in [0.5, 0.6) is 0 Å². The lowest BCUT2D eigenvalue weighted by Crippen LogP contribution is -2.26. The summed E-state index contributed by atoms with van der Waals surface area (Å²) in [5, 5.41) is 4.10. The van der Waals surface area contributed by atoms with E-state index in [9.17, 15) is 9.59 Å². The van der Waals surface area contributed by atoms with Gasteiger partial charge in [-0.2, -0.15) is 0 Å². The maximum atomic E-state index is 13.0. The smallest absolute Gasteiger partial charge is 0.262 e. The molecular formula is C22H25N3O2S. The molecule has 0 fully saturated rings. The van der Waals surface area contributed by atoms with Crippen molar-refractivity contribution in [2.75, 3.05) is 11.1 Å². The fraction of sp³-hybridized carbons (Fsp3) is 0.318. The predicted octanol–water partition coefficient (Wildman–Crippen LogP) is 4.72. The minimum absolute atomic E-state index is 0.00918. The first-order chi connectivity index (χ1) is 13.4. The minimum Gasteiger partial charge on any atom is -0.325 e. The van der Waals surface area contributed by atoms with Gasteiger partial charge in [0.1, 0.15) is 0 Å². The predicted molar refractivity (Wildman–Crippen MR) is 116 cm³/mol. The summed E-state index contributed by atoms with van der Waals surface area (Å²) >= 11 is 1.29. The molecule has 3 aromatic rings. The number of thioether (sulfide) groups is 1. The van der Waals surface area contributed by atoms with Crippen LogP contribution in [0.15, 0.2) is 52.4 Å². The van der Waals surface area contributed by atoms with Gasteiger partial charge in [0.2, 0.25) is 5.91 Å². The second-order valence-corrected chi connectivity index (χ2v) is 7.92. The number of aromatic nitrogens is 2. The summed E-state index contributed by atoms with van der Waals surface area (Å²) in [4.78, 5) is 30.1. The quantitative estimate of drug-likeness (QED) is 0.485. The Hall–Kier alpha value is -2.60. The fourth-order valence-electron chi connectivity index (χ4n) is 2.94. The average molecular weight is 396 g/mol. The third-order valence-corrected chi connectivity index (χ3v) is 5.88. The van der Waals surface area contributed by atoms with Crippen molar-refractivity contribution in [3.63, 3.8) is 0 Å². The van der Waals surface area contributed by atoms with Gasteiger partial charge in [0, 0.05) is 11.7 Å². The van der Waals surface area contributed by atoms with Crippen molar-refractivity contribution in [2.45, 2.75) is 45.3 Å². The van der Waals surface area contributed by atoms with Gasteiger partial charge in [-0.3, -0.25) is 14.2 Å². The molecule has 5 nitrogen and oxygen atoms in total. The molecule has 1 amide bonds. The van der Waals surface area contributed by atoms with Crippen molar-refractivity contribution in [2.24, 2.45) is 0 Å². The van der Waals surface area contributed by atoms with Gasteiger partial charge in [-0.1, -0.05) is 36.9 Å². The largest absolute Gasteiger partial charge is 0.325 e. The highest BCUT2D eigenvalue weighted by Gasteiger charge is 2.16. The second-order valence-electron chi connectivity index (χ2n) is 6.98. The van der Waals surface area contributed by atoms with Gasteiger partial charge in [-0.05, 0) is 62.6 Å². The van der Waals surface area contributed by atoms with Gasteiger partial charge in [0.05, 0.1) is 16.7 Å². The number of hydrogen-bond acceptors (Lipinski definition) is 4. The number of para-hydroxylation sites is 1. The summed E-state index contributed by atoms with van der Waals surface area (Å²) < 4.78 is 1.70. The van der Waals surface area contributed by atoms with E-state index in [-0.39, 0.29) is 23.3 Å². The van der Waals surface area contributed by atoms with E-state index in [4.69, 9.17) is 0 Å². The monoisotopic (exact) mass is 395 g/mol. The Morgan fingerprint density at radius 3 is 2.64 bits per heavy atom. The van der Waals surface area contributed by atoms with Crippen LogP contribution in [-0.4, -0.2) is 21.2 Å². The van der Waals surface area contributed by atoms with Crippen LogP contribution in [0, 0.1) is 13.8 Å². The number of carbonyl (C=O) groups excluding carboxylic acids is 1. The molecule has 0 saturated heterocycles. The van der Waals surface area contributed by atoms with Gasteiger partial charge < -0.3 is 5.32 Å². The molecule has 1 heterocycles. The van der Waals surface area contributed by atoms with E-state index < -0.39 is 0 Å². The SMILES string of the molecule is CC[C@@H](C)n1c(SCC(=O)Nc2ccc(C)c(C)c2)nc2ccccc2c1=O. The molecule has 0 bridgehead atoms. The van der Waals surface area contributed by atoms with Gasteiger partial charge in [0.25, 0.3) is 5.56 Å². The van der Waals surface area contributed by atoms with E-state index in [2.05, 4.69) is 10.3 Å². The Balaban J connectivity index is 1.83. The van der Waals surface area contributed by atoms with E-state index >= 15 is 0 Å². The molecule has 1 aromatic heterocycles. The summed E-state index contributed by atoms with van der Waals surface area (Å²) in [5.41, 5.74) is 3.69. The zero-order valence-electron chi connectivity index (χ0n) is 16.7. The van der Waals surface area contributed by atoms with E-state index in [1.807, 2.05) is 64.1 Å². The Morgan fingerprint density at radius 2 is 1.93 bits per heavy atom. The highest BCUT2D eigenvalue weighted by Crippen LogP contribution is 2.23. The van der Waals surface area contributed by atoms with E-state index in [0.29, 0.717) is 16.1 Å². The molecular weight excluding hydrogens is 370 g/mol. The number of hydrogen-bond donors (Lipinski definition) is 1.